The third-order valence-corrected chi connectivity index (χ3v) is 5.14. The Bertz CT molecular complexity index is 939. The van der Waals surface area contributed by atoms with Crippen molar-refractivity contribution in [1.82, 2.24) is 15.5 Å². The Kier molecular flexibility index (Phi) is 5.60. The standard InChI is InChI=1S/C18H18N4O4S/c1-3-11(2)15(19-17(23)14-8-5-9-27-14)18-20-16(21-26-18)12-6-4-7-13(10-12)22(24)25/h4-11,15H,3H2,1-2H3,(H,19,23)/t11-,15-/m0/s1. The number of carbonyl (C=O) groups excluding carboxylic acids is 1. The second kappa shape index (κ2) is 8.09. The molecule has 8 nitrogen and oxygen atoms in total. The van der Waals surface area contributed by atoms with Crippen LogP contribution in [0.5, 0.6) is 0 Å². The summed E-state index contributed by atoms with van der Waals surface area (Å²) >= 11 is 1.35. The van der Waals surface area contributed by atoms with E-state index >= 15 is 0 Å². The van der Waals surface area contributed by atoms with Crippen LogP contribution in [0.2, 0.25) is 0 Å². The first-order chi connectivity index (χ1) is 13.0. The van der Waals surface area contributed by atoms with Crippen molar-refractivity contribution in [3.05, 3.63) is 62.7 Å². The predicted molar refractivity (Wildman–Crippen MR) is 100 cm³/mol. The van der Waals surface area contributed by atoms with Crippen molar-refractivity contribution in [2.45, 2.75) is 26.3 Å². The zero-order chi connectivity index (χ0) is 19.4. The van der Waals surface area contributed by atoms with Gasteiger partial charge in [-0.25, -0.2) is 0 Å². The molecule has 0 saturated heterocycles. The molecule has 0 aliphatic carbocycles. The van der Waals surface area contributed by atoms with Gasteiger partial charge in [-0.2, -0.15) is 4.98 Å². The number of non-ortho nitro benzene ring substituents is 1. The number of amides is 1. The van der Waals surface area contributed by atoms with Crippen LogP contribution in [0.4, 0.5) is 5.69 Å². The third-order valence-electron chi connectivity index (χ3n) is 4.27. The lowest BCUT2D eigenvalue weighted by Crippen LogP contribution is -2.32. The summed E-state index contributed by atoms with van der Waals surface area (Å²) in [6, 6.07) is 9.12. The van der Waals surface area contributed by atoms with Gasteiger partial charge in [0.15, 0.2) is 0 Å². The molecule has 0 unspecified atom stereocenters. The molecule has 27 heavy (non-hydrogen) atoms. The Morgan fingerprint density at radius 3 is 2.85 bits per heavy atom. The maximum atomic E-state index is 12.4. The highest BCUT2D eigenvalue weighted by atomic mass is 32.1. The number of benzene rings is 1. The van der Waals surface area contributed by atoms with Gasteiger partial charge in [0, 0.05) is 17.7 Å². The molecule has 3 rings (SSSR count). The first-order valence-electron chi connectivity index (χ1n) is 8.42. The van der Waals surface area contributed by atoms with Gasteiger partial charge < -0.3 is 9.84 Å². The highest BCUT2D eigenvalue weighted by molar-refractivity contribution is 7.12. The maximum absolute atomic E-state index is 12.4. The minimum atomic E-state index is -0.478. The molecular formula is C18H18N4O4S. The molecule has 2 heterocycles. The lowest BCUT2D eigenvalue weighted by molar-refractivity contribution is -0.384. The van der Waals surface area contributed by atoms with Gasteiger partial charge in [0.1, 0.15) is 6.04 Å². The normalized spacial score (nSPS) is 13.1. The van der Waals surface area contributed by atoms with Crippen LogP contribution < -0.4 is 5.32 Å². The molecule has 0 bridgehead atoms. The van der Waals surface area contributed by atoms with Gasteiger partial charge in [0.05, 0.1) is 9.80 Å². The van der Waals surface area contributed by atoms with Gasteiger partial charge in [-0.1, -0.05) is 43.6 Å². The number of aromatic nitrogens is 2. The average molecular weight is 386 g/mol. The van der Waals surface area contributed by atoms with Gasteiger partial charge in [-0.15, -0.1) is 11.3 Å². The zero-order valence-electron chi connectivity index (χ0n) is 14.8. The van der Waals surface area contributed by atoms with E-state index in [1.807, 2.05) is 25.3 Å². The fraction of sp³-hybridized carbons (Fsp3) is 0.278. The van der Waals surface area contributed by atoms with Crippen molar-refractivity contribution in [3.63, 3.8) is 0 Å². The summed E-state index contributed by atoms with van der Waals surface area (Å²) in [5.41, 5.74) is 0.426. The highest BCUT2D eigenvalue weighted by Crippen LogP contribution is 2.27. The van der Waals surface area contributed by atoms with Crippen molar-refractivity contribution in [2.24, 2.45) is 5.92 Å². The van der Waals surface area contributed by atoms with E-state index < -0.39 is 11.0 Å². The molecule has 1 N–H and O–H groups in total. The molecular weight excluding hydrogens is 368 g/mol. The van der Waals surface area contributed by atoms with Crippen LogP contribution in [0, 0.1) is 16.0 Å². The minimum absolute atomic E-state index is 0.0525. The maximum Gasteiger partial charge on any atom is 0.270 e. The summed E-state index contributed by atoms with van der Waals surface area (Å²) in [6.45, 7) is 3.99. The number of nitro benzene ring substituents is 1. The van der Waals surface area contributed by atoms with Crippen LogP contribution in [-0.2, 0) is 0 Å². The molecule has 0 aliphatic rings. The van der Waals surface area contributed by atoms with Gasteiger partial charge >= 0.3 is 0 Å². The predicted octanol–water partition coefficient (Wildman–Crippen LogP) is 4.22. The van der Waals surface area contributed by atoms with E-state index in [1.165, 1.54) is 23.5 Å². The number of hydrogen-bond acceptors (Lipinski definition) is 7. The Balaban J connectivity index is 1.87. The van der Waals surface area contributed by atoms with Crippen LogP contribution >= 0.6 is 11.3 Å². The molecule has 3 aromatic rings. The zero-order valence-corrected chi connectivity index (χ0v) is 15.6. The first kappa shape index (κ1) is 18.7. The summed E-state index contributed by atoms with van der Waals surface area (Å²) in [5.74, 6) is 0.376. The number of nitrogens with zero attached hydrogens (tertiary/aromatic N) is 3. The van der Waals surface area contributed by atoms with Crippen molar-refractivity contribution in [3.8, 4) is 11.4 Å². The molecule has 1 amide bonds. The van der Waals surface area contributed by atoms with Gasteiger partial charge in [0.25, 0.3) is 11.6 Å². The van der Waals surface area contributed by atoms with Crippen LogP contribution in [0.3, 0.4) is 0 Å². The lowest BCUT2D eigenvalue weighted by Gasteiger charge is -2.20. The Labute approximate surface area is 159 Å². The Morgan fingerprint density at radius 1 is 1.37 bits per heavy atom. The summed E-state index contributed by atoms with van der Waals surface area (Å²) < 4.78 is 5.38. The SMILES string of the molecule is CC[C@H](C)[C@H](NC(=O)c1cccs1)c1nc(-c2cccc([N+](=O)[O-])c2)no1. The van der Waals surface area contributed by atoms with Crippen LogP contribution in [0.15, 0.2) is 46.3 Å². The second-order valence-electron chi connectivity index (χ2n) is 6.08. The number of rotatable bonds is 7. The fourth-order valence-corrected chi connectivity index (χ4v) is 3.17. The number of nitro groups is 1. The highest BCUT2D eigenvalue weighted by Gasteiger charge is 2.27. The monoisotopic (exact) mass is 386 g/mol. The van der Waals surface area contributed by atoms with Crippen LogP contribution in [0.25, 0.3) is 11.4 Å². The lowest BCUT2D eigenvalue weighted by atomic mass is 9.99. The quantitative estimate of drug-likeness (QED) is 0.480. The van der Waals surface area contributed by atoms with Crippen molar-refractivity contribution < 1.29 is 14.2 Å². The Morgan fingerprint density at radius 2 is 2.19 bits per heavy atom. The molecule has 2 atom stereocenters. The van der Waals surface area contributed by atoms with E-state index in [0.717, 1.165) is 6.42 Å². The number of thiophene rings is 1. The molecule has 1 aromatic carbocycles. The fourth-order valence-electron chi connectivity index (χ4n) is 2.54. The van der Waals surface area contributed by atoms with Crippen LogP contribution in [0.1, 0.15) is 41.9 Å². The smallest absolute Gasteiger partial charge is 0.270 e. The minimum Gasteiger partial charge on any atom is -0.339 e. The summed E-state index contributed by atoms with van der Waals surface area (Å²) in [6.07, 6.45) is 0.796. The number of carbonyl (C=O) groups is 1. The topological polar surface area (TPSA) is 111 Å². The van der Waals surface area contributed by atoms with E-state index in [4.69, 9.17) is 4.52 Å². The van der Waals surface area contributed by atoms with E-state index in [9.17, 15) is 14.9 Å². The van der Waals surface area contributed by atoms with E-state index in [2.05, 4.69) is 15.5 Å². The second-order valence-corrected chi connectivity index (χ2v) is 7.03. The largest absolute Gasteiger partial charge is 0.339 e. The number of nitrogens with one attached hydrogen (secondary N) is 1. The summed E-state index contributed by atoms with van der Waals surface area (Å²) in [4.78, 5) is 27.9. The van der Waals surface area contributed by atoms with E-state index in [-0.39, 0.29) is 29.2 Å². The first-order valence-corrected chi connectivity index (χ1v) is 9.30. The Hall–Kier alpha value is -3.07. The molecule has 0 saturated carbocycles. The molecule has 0 spiro atoms. The molecule has 0 fully saturated rings. The van der Waals surface area contributed by atoms with E-state index in [1.54, 1.807) is 18.2 Å². The van der Waals surface area contributed by atoms with Crippen LogP contribution in [-0.4, -0.2) is 21.0 Å². The molecule has 9 heteroatoms. The van der Waals surface area contributed by atoms with Gasteiger partial charge in [-0.3, -0.25) is 14.9 Å². The van der Waals surface area contributed by atoms with Crippen molar-refractivity contribution in [1.29, 1.82) is 0 Å². The summed E-state index contributed by atoms with van der Waals surface area (Å²) in [5, 5.41) is 19.7. The molecule has 0 aliphatic heterocycles. The number of hydrogen-bond donors (Lipinski definition) is 1. The van der Waals surface area contributed by atoms with Gasteiger partial charge in [-0.05, 0) is 17.4 Å². The summed E-state index contributed by atoms with van der Waals surface area (Å²) in [7, 11) is 0. The average Bonchev–Trinajstić information content (AvgIpc) is 3.37. The van der Waals surface area contributed by atoms with Crippen molar-refractivity contribution >= 4 is 22.9 Å². The molecule has 0 radical (unpaired) electrons. The van der Waals surface area contributed by atoms with E-state index in [0.29, 0.717) is 10.4 Å². The van der Waals surface area contributed by atoms with Gasteiger partial charge in [0.2, 0.25) is 11.7 Å². The molecule has 140 valence electrons. The molecule has 2 aromatic heterocycles. The third kappa shape index (κ3) is 4.20. The van der Waals surface area contributed by atoms with Crippen molar-refractivity contribution in [2.75, 3.05) is 0 Å².